The number of pyridine rings is 1. The van der Waals surface area contributed by atoms with Gasteiger partial charge in [-0.25, -0.2) is 4.39 Å². The van der Waals surface area contributed by atoms with Gasteiger partial charge in [-0.3, -0.25) is 9.88 Å². The smallest absolute Gasteiger partial charge is 0.141 e. The fourth-order valence-electron chi connectivity index (χ4n) is 2.43. The highest BCUT2D eigenvalue weighted by Gasteiger charge is 2.30. The number of aromatic nitrogens is 1. The fraction of sp³-hybridized carbons (Fsp3) is 0.667. The van der Waals surface area contributed by atoms with Crippen LogP contribution in [0.15, 0.2) is 18.3 Å². The third kappa shape index (κ3) is 4.23. The summed E-state index contributed by atoms with van der Waals surface area (Å²) >= 11 is 0. The molecule has 1 heterocycles. The summed E-state index contributed by atoms with van der Waals surface area (Å²) in [5.74, 6) is -0.0567. The molecule has 1 fully saturated rings. The predicted octanol–water partition coefficient (Wildman–Crippen LogP) is 1.97. The quantitative estimate of drug-likeness (QED) is 0.791. The van der Waals surface area contributed by atoms with E-state index in [1.54, 1.807) is 13.2 Å². The molecule has 5 heteroatoms. The van der Waals surface area contributed by atoms with Crippen molar-refractivity contribution < 1.29 is 9.13 Å². The van der Waals surface area contributed by atoms with Gasteiger partial charge in [0.1, 0.15) is 5.82 Å². The number of methoxy groups -OCH3 is 1. The third-order valence-electron chi connectivity index (χ3n) is 3.87. The maximum absolute atomic E-state index is 12.9. The molecule has 4 nitrogen and oxygen atoms in total. The van der Waals surface area contributed by atoms with Gasteiger partial charge in [0.25, 0.3) is 0 Å². The normalized spacial score (nSPS) is 18.2. The van der Waals surface area contributed by atoms with Crippen LogP contribution >= 0.6 is 0 Å². The summed E-state index contributed by atoms with van der Waals surface area (Å²) in [6.07, 6.45) is 3.76. The maximum atomic E-state index is 12.9. The Labute approximate surface area is 120 Å². The third-order valence-corrected chi connectivity index (χ3v) is 3.87. The number of nitrogens with two attached hydrogens (primary N) is 1. The first-order chi connectivity index (χ1) is 9.61. The number of ether oxygens (including phenoxy) is 1. The SMILES string of the molecule is COCCN(CC(C)C(N)c1ccc(F)cn1)C1CC1. The van der Waals surface area contributed by atoms with E-state index < -0.39 is 0 Å². The second kappa shape index (κ2) is 7.11. The first kappa shape index (κ1) is 15.4. The van der Waals surface area contributed by atoms with Gasteiger partial charge in [-0.2, -0.15) is 0 Å². The molecule has 1 saturated carbocycles. The van der Waals surface area contributed by atoms with Crippen LogP contribution in [0.1, 0.15) is 31.5 Å². The van der Waals surface area contributed by atoms with E-state index in [0.29, 0.717) is 6.04 Å². The van der Waals surface area contributed by atoms with E-state index in [-0.39, 0.29) is 17.8 Å². The first-order valence-corrected chi connectivity index (χ1v) is 7.22. The number of rotatable bonds is 8. The van der Waals surface area contributed by atoms with Crippen LogP contribution in [0.4, 0.5) is 4.39 Å². The molecule has 0 aromatic carbocycles. The Morgan fingerprint density at radius 1 is 1.50 bits per heavy atom. The highest BCUT2D eigenvalue weighted by molar-refractivity contribution is 5.10. The number of nitrogens with zero attached hydrogens (tertiary/aromatic N) is 2. The van der Waals surface area contributed by atoms with Crippen molar-refractivity contribution in [1.29, 1.82) is 0 Å². The molecule has 2 rings (SSSR count). The summed E-state index contributed by atoms with van der Waals surface area (Å²) in [5.41, 5.74) is 6.99. The molecule has 1 aliphatic carbocycles. The Morgan fingerprint density at radius 3 is 2.80 bits per heavy atom. The monoisotopic (exact) mass is 281 g/mol. The van der Waals surface area contributed by atoms with Crippen LogP contribution in [0.25, 0.3) is 0 Å². The molecule has 0 saturated heterocycles. The minimum Gasteiger partial charge on any atom is -0.383 e. The van der Waals surface area contributed by atoms with E-state index >= 15 is 0 Å². The van der Waals surface area contributed by atoms with Crippen LogP contribution in [-0.2, 0) is 4.74 Å². The average molecular weight is 281 g/mol. The Bertz CT molecular complexity index is 408. The zero-order chi connectivity index (χ0) is 14.5. The minimum atomic E-state index is -0.326. The van der Waals surface area contributed by atoms with Crippen molar-refractivity contribution in [3.05, 3.63) is 29.8 Å². The maximum Gasteiger partial charge on any atom is 0.141 e. The van der Waals surface area contributed by atoms with Crippen molar-refractivity contribution in [3.63, 3.8) is 0 Å². The molecule has 1 aromatic heterocycles. The van der Waals surface area contributed by atoms with E-state index in [4.69, 9.17) is 10.5 Å². The summed E-state index contributed by atoms with van der Waals surface area (Å²) in [6, 6.07) is 3.60. The number of hydrogen-bond acceptors (Lipinski definition) is 4. The molecule has 0 bridgehead atoms. The molecular weight excluding hydrogens is 257 g/mol. The average Bonchev–Trinajstić information content (AvgIpc) is 3.27. The highest BCUT2D eigenvalue weighted by atomic mass is 19.1. The summed E-state index contributed by atoms with van der Waals surface area (Å²) < 4.78 is 18.1. The lowest BCUT2D eigenvalue weighted by molar-refractivity contribution is 0.129. The molecule has 0 radical (unpaired) electrons. The van der Waals surface area contributed by atoms with Crippen LogP contribution in [0.3, 0.4) is 0 Å². The van der Waals surface area contributed by atoms with E-state index in [2.05, 4.69) is 16.8 Å². The molecule has 2 atom stereocenters. The Morgan fingerprint density at radius 2 is 2.25 bits per heavy atom. The van der Waals surface area contributed by atoms with Crippen molar-refractivity contribution in [2.24, 2.45) is 11.7 Å². The van der Waals surface area contributed by atoms with Gasteiger partial charge in [0.15, 0.2) is 0 Å². The summed E-state index contributed by atoms with van der Waals surface area (Å²) in [4.78, 5) is 6.53. The summed E-state index contributed by atoms with van der Waals surface area (Å²) in [6.45, 7) is 4.73. The van der Waals surface area contributed by atoms with Crippen LogP contribution in [0.5, 0.6) is 0 Å². The highest BCUT2D eigenvalue weighted by Crippen LogP contribution is 2.29. The lowest BCUT2D eigenvalue weighted by Crippen LogP contribution is -2.37. The van der Waals surface area contributed by atoms with Gasteiger partial charge in [-0.05, 0) is 30.9 Å². The lowest BCUT2D eigenvalue weighted by atomic mass is 9.98. The van der Waals surface area contributed by atoms with Crippen LogP contribution in [0, 0.1) is 11.7 Å². The molecule has 20 heavy (non-hydrogen) atoms. The van der Waals surface area contributed by atoms with Gasteiger partial charge in [0, 0.05) is 26.2 Å². The lowest BCUT2D eigenvalue weighted by Gasteiger charge is -2.28. The number of hydrogen-bond donors (Lipinski definition) is 1. The first-order valence-electron chi connectivity index (χ1n) is 7.22. The topological polar surface area (TPSA) is 51.4 Å². The summed E-state index contributed by atoms with van der Waals surface area (Å²) in [5, 5.41) is 0. The molecular formula is C15H24FN3O. The zero-order valence-corrected chi connectivity index (χ0v) is 12.3. The standard InChI is InChI=1S/C15H24FN3O/c1-11(10-19(7-8-20-2)13-4-5-13)15(17)14-6-3-12(16)9-18-14/h3,6,9,11,13,15H,4-5,7-8,10,17H2,1-2H3. The van der Waals surface area contributed by atoms with Crippen LogP contribution in [0.2, 0.25) is 0 Å². The Hall–Kier alpha value is -1.04. The van der Waals surface area contributed by atoms with Gasteiger partial charge in [-0.15, -0.1) is 0 Å². The van der Waals surface area contributed by atoms with Crippen molar-refractivity contribution in [3.8, 4) is 0 Å². The molecule has 112 valence electrons. The minimum absolute atomic E-state index is 0.167. The Balaban J connectivity index is 1.91. The van der Waals surface area contributed by atoms with Crippen molar-refractivity contribution >= 4 is 0 Å². The number of halogens is 1. The Kier molecular flexibility index (Phi) is 5.46. The van der Waals surface area contributed by atoms with E-state index in [1.165, 1.54) is 25.1 Å². The molecule has 2 unspecified atom stereocenters. The van der Waals surface area contributed by atoms with Gasteiger partial charge in [-0.1, -0.05) is 6.92 Å². The molecule has 1 aromatic rings. The fourth-order valence-corrected chi connectivity index (χ4v) is 2.43. The molecule has 2 N–H and O–H groups in total. The van der Waals surface area contributed by atoms with E-state index in [0.717, 1.165) is 25.4 Å². The molecule has 0 aliphatic heterocycles. The predicted molar refractivity (Wildman–Crippen MR) is 76.8 cm³/mol. The molecule has 1 aliphatic rings. The second-order valence-corrected chi connectivity index (χ2v) is 5.62. The van der Waals surface area contributed by atoms with Gasteiger partial charge >= 0.3 is 0 Å². The van der Waals surface area contributed by atoms with Crippen molar-refractivity contribution in [2.45, 2.75) is 31.8 Å². The van der Waals surface area contributed by atoms with Crippen LogP contribution in [-0.4, -0.2) is 42.7 Å². The van der Waals surface area contributed by atoms with Crippen molar-refractivity contribution in [2.75, 3.05) is 26.8 Å². The molecule has 0 amide bonds. The largest absolute Gasteiger partial charge is 0.383 e. The summed E-state index contributed by atoms with van der Waals surface area (Å²) in [7, 11) is 1.72. The van der Waals surface area contributed by atoms with Gasteiger partial charge < -0.3 is 10.5 Å². The van der Waals surface area contributed by atoms with Gasteiger partial charge in [0.05, 0.1) is 24.5 Å². The van der Waals surface area contributed by atoms with Crippen molar-refractivity contribution in [1.82, 2.24) is 9.88 Å². The van der Waals surface area contributed by atoms with E-state index in [1.807, 2.05) is 0 Å². The van der Waals surface area contributed by atoms with Gasteiger partial charge in [0.2, 0.25) is 0 Å². The molecule has 0 spiro atoms. The van der Waals surface area contributed by atoms with E-state index in [9.17, 15) is 4.39 Å². The second-order valence-electron chi connectivity index (χ2n) is 5.62. The van der Waals surface area contributed by atoms with Crippen LogP contribution < -0.4 is 5.73 Å². The zero-order valence-electron chi connectivity index (χ0n) is 12.3.